The van der Waals surface area contributed by atoms with Gasteiger partial charge in [-0.2, -0.15) is 13.2 Å². The summed E-state index contributed by atoms with van der Waals surface area (Å²) in [5.41, 5.74) is -1.07. The van der Waals surface area contributed by atoms with Crippen LogP contribution in [0.2, 0.25) is 0 Å². The smallest absolute Gasteiger partial charge is 0.416 e. The molecule has 1 N–H and O–H groups in total. The van der Waals surface area contributed by atoms with Gasteiger partial charge in [0, 0.05) is 11.8 Å². The molecule has 10 heteroatoms. The van der Waals surface area contributed by atoms with Crippen molar-refractivity contribution >= 4 is 23.1 Å². The van der Waals surface area contributed by atoms with E-state index >= 15 is 0 Å². The summed E-state index contributed by atoms with van der Waals surface area (Å²) in [5, 5.41) is 11.1. The molecule has 1 amide bonds. The van der Waals surface area contributed by atoms with Gasteiger partial charge in [-0.05, 0) is 48.5 Å². The molecule has 0 spiro atoms. The summed E-state index contributed by atoms with van der Waals surface area (Å²) in [7, 11) is 2.80. The van der Waals surface area contributed by atoms with Crippen molar-refractivity contribution < 1.29 is 41.8 Å². The van der Waals surface area contributed by atoms with Gasteiger partial charge >= 0.3 is 6.18 Å². The van der Waals surface area contributed by atoms with E-state index < -0.39 is 35.2 Å². The Balaban J connectivity index is 1.89. The van der Waals surface area contributed by atoms with Gasteiger partial charge in [0.1, 0.15) is 29.1 Å². The SMILES string of the molecule is COc1ccc(/C(O)=C2/C(=O)C(=O)N(c3ccc(C(F)(F)F)cc3)C2c2ccco2)c(OC)c1. The minimum atomic E-state index is -4.57. The highest BCUT2D eigenvalue weighted by molar-refractivity contribution is 6.51. The lowest BCUT2D eigenvalue weighted by Gasteiger charge is -2.24. The summed E-state index contributed by atoms with van der Waals surface area (Å²) in [6.07, 6.45) is -3.26. The molecule has 1 aromatic heterocycles. The van der Waals surface area contributed by atoms with Crippen LogP contribution < -0.4 is 14.4 Å². The molecule has 0 radical (unpaired) electrons. The molecule has 3 aromatic rings. The van der Waals surface area contributed by atoms with Gasteiger partial charge in [-0.1, -0.05) is 0 Å². The van der Waals surface area contributed by atoms with E-state index in [1.807, 2.05) is 0 Å². The lowest BCUT2D eigenvalue weighted by Crippen LogP contribution is -2.29. The maximum atomic E-state index is 13.1. The Bertz CT molecular complexity index is 1260. The fourth-order valence-corrected chi connectivity index (χ4v) is 3.77. The minimum Gasteiger partial charge on any atom is -0.507 e. The second kappa shape index (κ2) is 8.62. The number of carbonyl (C=O) groups is 2. The molecule has 1 aliphatic heterocycles. The van der Waals surface area contributed by atoms with Crippen LogP contribution in [0.15, 0.2) is 70.9 Å². The normalized spacial score (nSPS) is 17.8. The first-order chi connectivity index (χ1) is 16.2. The zero-order chi connectivity index (χ0) is 24.6. The number of Topliss-reactive ketones (excluding diaryl/α,β-unsaturated/α-hetero) is 1. The van der Waals surface area contributed by atoms with Crippen LogP contribution in [0.1, 0.15) is 22.9 Å². The third-order valence-corrected chi connectivity index (χ3v) is 5.39. The number of hydrogen-bond donors (Lipinski definition) is 1. The van der Waals surface area contributed by atoms with E-state index in [0.717, 1.165) is 29.2 Å². The number of alkyl halides is 3. The average Bonchev–Trinajstić information content (AvgIpc) is 3.44. The number of benzene rings is 2. The predicted molar refractivity (Wildman–Crippen MR) is 114 cm³/mol. The van der Waals surface area contributed by atoms with Gasteiger partial charge in [-0.25, -0.2) is 0 Å². The lowest BCUT2D eigenvalue weighted by atomic mass is 9.98. The number of halogens is 3. The summed E-state index contributed by atoms with van der Waals surface area (Å²) < 4.78 is 54.9. The third kappa shape index (κ3) is 3.87. The van der Waals surface area contributed by atoms with E-state index in [-0.39, 0.29) is 28.3 Å². The first-order valence-electron chi connectivity index (χ1n) is 9.91. The van der Waals surface area contributed by atoms with Crippen molar-refractivity contribution in [2.24, 2.45) is 0 Å². The maximum Gasteiger partial charge on any atom is 0.416 e. The maximum absolute atomic E-state index is 13.1. The number of ketones is 1. The highest BCUT2D eigenvalue weighted by Gasteiger charge is 2.48. The zero-order valence-corrected chi connectivity index (χ0v) is 17.9. The number of methoxy groups -OCH3 is 2. The van der Waals surface area contributed by atoms with E-state index in [1.54, 1.807) is 0 Å². The standard InChI is InChI=1S/C24H18F3NO6/c1-32-15-9-10-16(18(12-15)33-2)21(29)19-20(17-4-3-11-34-17)28(23(31)22(19)30)14-7-5-13(6-8-14)24(25,26)27/h3-12,20,29H,1-2H3/b21-19-. The number of carbonyl (C=O) groups excluding carboxylic acids is 2. The number of aliphatic hydroxyl groups is 1. The van der Waals surface area contributed by atoms with Crippen molar-refractivity contribution in [1.82, 2.24) is 0 Å². The largest absolute Gasteiger partial charge is 0.507 e. The van der Waals surface area contributed by atoms with Crippen LogP contribution in [0.4, 0.5) is 18.9 Å². The first-order valence-corrected chi connectivity index (χ1v) is 9.91. The molecule has 2 aromatic carbocycles. The Kier molecular flexibility index (Phi) is 5.82. The van der Waals surface area contributed by atoms with E-state index in [2.05, 4.69) is 0 Å². The summed E-state index contributed by atoms with van der Waals surface area (Å²) in [5.74, 6) is -1.86. The van der Waals surface area contributed by atoms with Crippen molar-refractivity contribution in [3.8, 4) is 11.5 Å². The number of anilines is 1. The molecule has 1 fully saturated rings. The molecule has 0 saturated carbocycles. The number of nitrogens with zero attached hydrogens (tertiary/aromatic N) is 1. The fourth-order valence-electron chi connectivity index (χ4n) is 3.77. The molecule has 0 aliphatic carbocycles. The summed E-state index contributed by atoms with van der Waals surface area (Å²) in [6, 6.07) is 10.0. The molecule has 1 aliphatic rings. The minimum absolute atomic E-state index is 0.0252. The molecule has 4 rings (SSSR count). The fraction of sp³-hybridized carbons (Fsp3) is 0.167. The first kappa shape index (κ1) is 23.0. The van der Waals surface area contributed by atoms with Crippen LogP contribution >= 0.6 is 0 Å². The Morgan fingerprint density at radius 3 is 2.29 bits per heavy atom. The summed E-state index contributed by atoms with van der Waals surface area (Å²) >= 11 is 0. The van der Waals surface area contributed by atoms with Crippen molar-refractivity contribution in [3.63, 3.8) is 0 Å². The number of amides is 1. The van der Waals surface area contributed by atoms with Crippen LogP contribution in [0, 0.1) is 0 Å². The van der Waals surface area contributed by atoms with Gasteiger partial charge in [0.15, 0.2) is 0 Å². The lowest BCUT2D eigenvalue weighted by molar-refractivity contribution is -0.137. The highest BCUT2D eigenvalue weighted by atomic mass is 19.4. The Hall–Kier alpha value is -4.21. The number of hydrogen-bond acceptors (Lipinski definition) is 6. The van der Waals surface area contributed by atoms with Gasteiger partial charge in [0.25, 0.3) is 11.7 Å². The third-order valence-electron chi connectivity index (χ3n) is 5.39. The van der Waals surface area contributed by atoms with Crippen LogP contribution in [-0.2, 0) is 15.8 Å². The summed E-state index contributed by atoms with van der Waals surface area (Å²) in [6.45, 7) is 0. The topological polar surface area (TPSA) is 89.2 Å². The number of furan rings is 1. The van der Waals surface area contributed by atoms with E-state index in [1.165, 1.54) is 50.8 Å². The Morgan fingerprint density at radius 2 is 1.74 bits per heavy atom. The van der Waals surface area contributed by atoms with Crippen molar-refractivity contribution in [3.05, 3.63) is 83.3 Å². The highest BCUT2D eigenvalue weighted by Crippen LogP contribution is 2.44. The molecule has 0 bridgehead atoms. The Morgan fingerprint density at radius 1 is 1.03 bits per heavy atom. The summed E-state index contributed by atoms with van der Waals surface area (Å²) in [4.78, 5) is 27.1. The molecule has 34 heavy (non-hydrogen) atoms. The van der Waals surface area contributed by atoms with Crippen molar-refractivity contribution in [1.29, 1.82) is 0 Å². The van der Waals surface area contributed by atoms with Crippen molar-refractivity contribution in [2.75, 3.05) is 19.1 Å². The van der Waals surface area contributed by atoms with Gasteiger partial charge in [0.2, 0.25) is 0 Å². The zero-order valence-electron chi connectivity index (χ0n) is 17.9. The van der Waals surface area contributed by atoms with E-state index in [4.69, 9.17) is 13.9 Å². The average molecular weight is 473 g/mol. The quantitative estimate of drug-likeness (QED) is 0.321. The molecular weight excluding hydrogens is 455 g/mol. The van der Waals surface area contributed by atoms with Crippen LogP contribution in [-0.4, -0.2) is 31.0 Å². The molecular formula is C24H18F3NO6. The number of rotatable bonds is 5. The number of ether oxygens (including phenoxy) is 2. The van der Waals surface area contributed by atoms with Crippen molar-refractivity contribution in [2.45, 2.75) is 12.2 Å². The van der Waals surface area contributed by atoms with Crippen LogP contribution in [0.25, 0.3) is 5.76 Å². The molecule has 1 saturated heterocycles. The van der Waals surface area contributed by atoms with Gasteiger partial charge < -0.3 is 19.0 Å². The van der Waals surface area contributed by atoms with Gasteiger partial charge in [-0.3, -0.25) is 14.5 Å². The van der Waals surface area contributed by atoms with Gasteiger partial charge in [0.05, 0.1) is 37.2 Å². The molecule has 2 heterocycles. The predicted octanol–water partition coefficient (Wildman–Crippen LogP) is 4.94. The Labute approximate surface area is 191 Å². The molecule has 7 nitrogen and oxygen atoms in total. The van der Waals surface area contributed by atoms with Gasteiger partial charge in [-0.15, -0.1) is 0 Å². The van der Waals surface area contributed by atoms with Crippen LogP contribution in [0.5, 0.6) is 11.5 Å². The second-order valence-corrected chi connectivity index (χ2v) is 7.30. The van der Waals surface area contributed by atoms with Crippen LogP contribution in [0.3, 0.4) is 0 Å². The van der Waals surface area contributed by atoms with E-state index in [0.29, 0.717) is 5.75 Å². The number of aliphatic hydroxyl groups excluding tert-OH is 1. The molecule has 1 atom stereocenters. The second-order valence-electron chi connectivity index (χ2n) is 7.30. The molecule has 1 unspecified atom stereocenters. The monoisotopic (exact) mass is 473 g/mol. The molecule has 176 valence electrons. The van der Waals surface area contributed by atoms with E-state index in [9.17, 15) is 27.9 Å².